The van der Waals surface area contributed by atoms with Gasteiger partial charge in [0, 0.05) is 5.39 Å². The highest BCUT2D eigenvalue weighted by molar-refractivity contribution is 6.34. The van der Waals surface area contributed by atoms with Crippen LogP contribution in [0.25, 0.3) is 11.0 Å². The lowest BCUT2D eigenvalue weighted by atomic mass is 10.1. The summed E-state index contributed by atoms with van der Waals surface area (Å²) >= 11 is 6.00. The highest BCUT2D eigenvalue weighted by Crippen LogP contribution is 2.25. The van der Waals surface area contributed by atoms with Gasteiger partial charge in [-0.2, -0.15) is 0 Å². The number of hydrogen-bond donors (Lipinski definition) is 1. The minimum atomic E-state index is -0.748. The van der Waals surface area contributed by atoms with Crippen LogP contribution in [0.15, 0.2) is 57.7 Å². The fourth-order valence-electron chi connectivity index (χ4n) is 2.31. The van der Waals surface area contributed by atoms with E-state index in [2.05, 4.69) is 5.32 Å². The largest absolute Gasteiger partial charge is 0.492 e. The zero-order valence-corrected chi connectivity index (χ0v) is 13.6. The molecule has 0 spiro atoms. The summed E-state index contributed by atoms with van der Waals surface area (Å²) in [5.74, 6) is -0.0423. The number of fused-ring (bicyclic) bond motifs is 1. The average Bonchev–Trinajstić information content (AvgIpc) is 2.57. The predicted molar refractivity (Wildman–Crippen MR) is 93.1 cm³/mol. The zero-order valence-electron chi connectivity index (χ0n) is 12.8. The van der Waals surface area contributed by atoms with E-state index in [1.807, 2.05) is 6.92 Å². The van der Waals surface area contributed by atoms with Crippen molar-refractivity contribution in [2.75, 3.05) is 11.9 Å². The van der Waals surface area contributed by atoms with E-state index in [1.165, 1.54) is 6.07 Å². The molecule has 0 saturated carbocycles. The minimum Gasteiger partial charge on any atom is -0.492 e. The van der Waals surface area contributed by atoms with E-state index in [-0.39, 0.29) is 11.1 Å². The van der Waals surface area contributed by atoms with Gasteiger partial charge in [-0.15, -0.1) is 0 Å². The van der Waals surface area contributed by atoms with Crippen molar-refractivity contribution in [3.8, 4) is 5.75 Å². The number of ether oxygens (including phenoxy) is 1. The van der Waals surface area contributed by atoms with Crippen molar-refractivity contribution < 1.29 is 13.9 Å². The van der Waals surface area contributed by atoms with Gasteiger partial charge in [-0.25, -0.2) is 4.79 Å². The van der Waals surface area contributed by atoms with Gasteiger partial charge < -0.3 is 14.5 Å². The number of anilines is 1. The summed E-state index contributed by atoms with van der Waals surface area (Å²) in [5.41, 5.74) is -0.108. The van der Waals surface area contributed by atoms with Crippen LogP contribution in [0.5, 0.6) is 5.75 Å². The Labute approximate surface area is 142 Å². The molecule has 5 nitrogen and oxygen atoms in total. The van der Waals surface area contributed by atoms with Gasteiger partial charge in [0.25, 0.3) is 5.91 Å². The summed E-state index contributed by atoms with van der Waals surface area (Å²) in [4.78, 5) is 24.6. The Morgan fingerprint density at radius 2 is 2.00 bits per heavy atom. The molecule has 0 bridgehead atoms. The molecule has 0 atom stereocenters. The molecule has 1 amide bonds. The lowest BCUT2D eigenvalue weighted by molar-refractivity contribution is 0.102. The van der Waals surface area contributed by atoms with Crippen LogP contribution in [0.4, 0.5) is 5.69 Å². The molecule has 0 unspecified atom stereocenters. The molecule has 24 heavy (non-hydrogen) atoms. The van der Waals surface area contributed by atoms with Crippen LogP contribution in [0.3, 0.4) is 0 Å². The fraction of sp³-hybridized carbons (Fsp3) is 0.111. The first-order valence-electron chi connectivity index (χ1n) is 7.35. The molecule has 0 radical (unpaired) electrons. The van der Waals surface area contributed by atoms with Crippen LogP contribution in [0.2, 0.25) is 5.02 Å². The maximum absolute atomic E-state index is 12.5. The Balaban J connectivity index is 1.98. The summed E-state index contributed by atoms with van der Waals surface area (Å²) in [7, 11) is 0. The Bertz CT molecular complexity index is 965. The van der Waals surface area contributed by atoms with Crippen molar-refractivity contribution in [3.63, 3.8) is 0 Å². The second-order valence-corrected chi connectivity index (χ2v) is 5.40. The van der Waals surface area contributed by atoms with E-state index in [1.54, 1.807) is 42.5 Å². The van der Waals surface area contributed by atoms with Crippen LogP contribution in [0, 0.1) is 0 Å². The van der Waals surface area contributed by atoms with Gasteiger partial charge in [0.1, 0.15) is 11.3 Å². The van der Waals surface area contributed by atoms with Crippen LogP contribution in [-0.2, 0) is 0 Å². The third kappa shape index (κ3) is 3.12. The molecule has 122 valence electrons. The molecule has 0 saturated heterocycles. The third-order valence-electron chi connectivity index (χ3n) is 3.39. The van der Waals surface area contributed by atoms with Crippen LogP contribution < -0.4 is 15.7 Å². The molecule has 1 aromatic heterocycles. The van der Waals surface area contributed by atoms with E-state index in [4.69, 9.17) is 20.8 Å². The number of nitrogens with one attached hydrogen (secondary N) is 1. The first-order chi connectivity index (χ1) is 11.6. The number of benzene rings is 2. The highest BCUT2D eigenvalue weighted by atomic mass is 35.5. The van der Waals surface area contributed by atoms with Crippen molar-refractivity contribution in [3.05, 3.63) is 69.5 Å². The van der Waals surface area contributed by atoms with Crippen molar-refractivity contribution in [2.45, 2.75) is 6.92 Å². The Morgan fingerprint density at radius 3 is 2.79 bits per heavy atom. The molecule has 6 heteroatoms. The van der Waals surface area contributed by atoms with E-state index in [0.717, 1.165) is 0 Å². The summed E-state index contributed by atoms with van der Waals surface area (Å²) in [6, 6.07) is 13.5. The smallest absolute Gasteiger partial charge is 0.349 e. The molecular weight excluding hydrogens is 330 g/mol. The maximum atomic E-state index is 12.5. The van der Waals surface area contributed by atoms with Crippen LogP contribution in [0.1, 0.15) is 17.3 Å². The highest BCUT2D eigenvalue weighted by Gasteiger charge is 2.16. The molecular formula is C18H14ClNO4. The molecule has 3 rings (SSSR count). The summed E-state index contributed by atoms with van der Waals surface area (Å²) < 4.78 is 10.6. The fourth-order valence-corrected chi connectivity index (χ4v) is 2.53. The first-order valence-corrected chi connectivity index (χ1v) is 7.73. The summed E-state index contributed by atoms with van der Waals surface area (Å²) in [6.07, 6.45) is 0. The lowest BCUT2D eigenvalue weighted by Gasteiger charge is -2.11. The first kappa shape index (κ1) is 16.1. The van der Waals surface area contributed by atoms with Gasteiger partial charge in [0.05, 0.1) is 17.3 Å². The minimum absolute atomic E-state index is 0.101. The maximum Gasteiger partial charge on any atom is 0.349 e. The van der Waals surface area contributed by atoms with Crippen molar-refractivity contribution >= 4 is 34.2 Å². The van der Waals surface area contributed by atoms with E-state index in [9.17, 15) is 9.59 Å². The van der Waals surface area contributed by atoms with Gasteiger partial charge in [-0.1, -0.05) is 35.9 Å². The Hall–Kier alpha value is -2.79. The predicted octanol–water partition coefficient (Wildman–Crippen LogP) is 4.10. The normalized spacial score (nSPS) is 10.6. The topological polar surface area (TPSA) is 68.5 Å². The molecule has 0 aliphatic rings. The Kier molecular flexibility index (Phi) is 4.53. The molecule has 0 aliphatic heterocycles. The summed E-state index contributed by atoms with van der Waals surface area (Å²) in [5, 5.41) is 3.57. The number of halogens is 1. The summed E-state index contributed by atoms with van der Waals surface area (Å²) in [6.45, 7) is 2.31. The van der Waals surface area contributed by atoms with E-state index in [0.29, 0.717) is 28.5 Å². The number of rotatable bonds is 4. The quantitative estimate of drug-likeness (QED) is 0.724. The van der Waals surface area contributed by atoms with Gasteiger partial charge >= 0.3 is 5.63 Å². The number of carbonyl (C=O) groups is 1. The SMILES string of the molecule is CCOc1ccccc1NC(=O)c1cc2cccc(Cl)c2oc1=O. The molecule has 1 N–H and O–H groups in total. The number of hydrogen-bond acceptors (Lipinski definition) is 4. The second kappa shape index (κ2) is 6.76. The standard InChI is InChI=1S/C18H14ClNO4/c1-2-23-15-9-4-3-8-14(15)20-17(21)12-10-11-6-5-7-13(19)16(11)24-18(12)22/h3-10H,2H2,1H3,(H,20,21). The van der Waals surface area contributed by atoms with Crippen LogP contribution >= 0.6 is 11.6 Å². The number of para-hydroxylation sites is 3. The van der Waals surface area contributed by atoms with Gasteiger partial charge in [0.2, 0.25) is 0 Å². The van der Waals surface area contributed by atoms with Crippen LogP contribution in [-0.4, -0.2) is 12.5 Å². The zero-order chi connectivity index (χ0) is 17.1. The average molecular weight is 344 g/mol. The van der Waals surface area contributed by atoms with Gasteiger partial charge in [0.15, 0.2) is 5.58 Å². The van der Waals surface area contributed by atoms with Gasteiger partial charge in [-0.3, -0.25) is 4.79 Å². The number of amides is 1. The molecule has 3 aromatic rings. The van der Waals surface area contributed by atoms with Crippen molar-refractivity contribution in [1.82, 2.24) is 0 Å². The van der Waals surface area contributed by atoms with E-state index >= 15 is 0 Å². The molecule has 2 aromatic carbocycles. The van der Waals surface area contributed by atoms with Crippen molar-refractivity contribution in [1.29, 1.82) is 0 Å². The molecule has 1 heterocycles. The lowest BCUT2D eigenvalue weighted by Crippen LogP contribution is -2.21. The monoisotopic (exact) mass is 343 g/mol. The van der Waals surface area contributed by atoms with Crippen molar-refractivity contribution in [2.24, 2.45) is 0 Å². The second-order valence-electron chi connectivity index (χ2n) is 4.99. The third-order valence-corrected chi connectivity index (χ3v) is 3.69. The van der Waals surface area contributed by atoms with E-state index < -0.39 is 11.5 Å². The number of carbonyl (C=O) groups excluding carboxylic acids is 1. The molecule has 0 aliphatic carbocycles. The van der Waals surface area contributed by atoms with Gasteiger partial charge in [-0.05, 0) is 31.2 Å². The Morgan fingerprint density at radius 1 is 1.21 bits per heavy atom. The molecule has 0 fully saturated rings.